The summed E-state index contributed by atoms with van der Waals surface area (Å²) in [6, 6.07) is 18.2. The minimum absolute atomic E-state index is 0.0658. The molecule has 0 spiro atoms. The van der Waals surface area contributed by atoms with Crippen LogP contribution in [-0.4, -0.2) is 12.6 Å². The number of hydrogen-bond acceptors (Lipinski definition) is 4. The lowest BCUT2D eigenvalue weighted by Crippen LogP contribution is -2.33. The van der Waals surface area contributed by atoms with Gasteiger partial charge in [0.25, 0.3) is 0 Å². The molecule has 1 atom stereocenters. The molecule has 1 unspecified atom stereocenters. The predicted octanol–water partition coefficient (Wildman–Crippen LogP) is 3.99. The number of nitriles is 1. The summed E-state index contributed by atoms with van der Waals surface area (Å²) in [7, 11) is 0. The number of para-hydroxylation sites is 1. The number of hydrogen-bond donors (Lipinski definition) is 0. The SMILES string of the molecule is C=CCOC(=O)C(C)(C#N)c1cccc(Oc2ccccc2)c1. The van der Waals surface area contributed by atoms with Gasteiger partial charge in [0.1, 0.15) is 18.1 Å². The van der Waals surface area contributed by atoms with Gasteiger partial charge in [0.15, 0.2) is 5.41 Å². The third kappa shape index (κ3) is 3.78. The van der Waals surface area contributed by atoms with Crippen LogP contribution in [0.15, 0.2) is 67.3 Å². The molecule has 4 nitrogen and oxygen atoms in total. The van der Waals surface area contributed by atoms with E-state index >= 15 is 0 Å². The fourth-order valence-electron chi connectivity index (χ4n) is 2.00. The summed E-state index contributed by atoms with van der Waals surface area (Å²) < 4.78 is 10.8. The smallest absolute Gasteiger partial charge is 0.331 e. The van der Waals surface area contributed by atoms with E-state index in [4.69, 9.17) is 9.47 Å². The first-order valence-electron chi connectivity index (χ1n) is 7.13. The van der Waals surface area contributed by atoms with Crippen LogP contribution in [-0.2, 0) is 14.9 Å². The van der Waals surface area contributed by atoms with Crippen molar-refractivity contribution in [1.82, 2.24) is 0 Å². The average molecular weight is 307 g/mol. The van der Waals surface area contributed by atoms with E-state index in [2.05, 4.69) is 6.58 Å². The Kier molecular flexibility index (Phi) is 5.16. The lowest BCUT2D eigenvalue weighted by atomic mass is 9.84. The van der Waals surface area contributed by atoms with Crippen LogP contribution in [0.2, 0.25) is 0 Å². The zero-order valence-electron chi connectivity index (χ0n) is 12.9. The number of carbonyl (C=O) groups excluding carboxylic acids is 1. The van der Waals surface area contributed by atoms with Crippen LogP contribution < -0.4 is 4.74 Å². The van der Waals surface area contributed by atoms with Gasteiger partial charge in [0.05, 0.1) is 6.07 Å². The molecule has 4 heteroatoms. The molecule has 0 aliphatic heterocycles. The molecule has 0 saturated heterocycles. The van der Waals surface area contributed by atoms with Crippen molar-refractivity contribution in [1.29, 1.82) is 5.26 Å². The molecule has 0 aromatic heterocycles. The second kappa shape index (κ2) is 7.28. The van der Waals surface area contributed by atoms with Gasteiger partial charge in [0, 0.05) is 0 Å². The van der Waals surface area contributed by atoms with Crippen molar-refractivity contribution < 1.29 is 14.3 Å². The molecule has 0 saturated carbocycles. The summed E-state index contributed by atoms with van der Waals surface area (Å²) in [4.78, 5) is 12.2. The Labute approximate surface area is 135 Å². The van der Waals surface area contributed by atoms with E-state index in [0.29, 0.717) is 17.1 Å². The highest BCUT2D eigenvalue weighted by Gasteiger charge is 2.37. The summed E-state index contributed by atoms with van der Waals surface area (Å²) in [6.07, 6.45) is 1.46. The highest BCUT2D eigenvalue weighted by Crippen LogP contribution is 2.29. The van der Waals surface area contributed by atoms with Gasteiger partial charge in [-0.15, -0.1) is 0 Å². The third-order valence-corrected chi connectivity index (χ3v) is 3.35. The zero-order chi connectivity index (χ0) is 16.7. The van der Waals surface area contributed by atoms with Crippen LogP contribution in [0.1, 0.15) is 12.5 Å². The molecule has 116 valence electrons. The van der Waals surface area contributed by atoms with Crippen molar-refractivity contribution >= 4 is 5.97 Å². The molecule has 2 aromatic carbocycles. The Morgan fingerprint density at radius 1 is 1.22 bits per heavy atom. The summed E-state index contributed by atoms with van der Waals surface area (Å²) in [5, 5.41) is 9.47. The van der Waals surface area contributed by atoms with Gasteiger partial charge in [-0.05, 0) is 36.8 Å². The minimum atomic E-state index is -1.40. The molecule has 0 radical (unpaired) electrons. The quantitative estimate of drug-likeness (QED) is 0.598. The van der Waals surface area contributed by atoms with Gasteiger partial charge in [-0.25, -0.2) is 4.79 Å². The number of nitrogens with zero attached hydrogens (tertiary/aromatic N) is 1. The standard InChI is InChI=1S/C19H17NO3/c1-3-12-22-18(21)19(2,14-20)15-8-7-11-17(13-15)23-16-9-5-4-6-10-16/h3-11,13H,1,12H2,2H3. The fraction of sp³-hybridized carbons (Fsp3) is 0.158. The van der Waals surface area contributed by atoms with E-state index in [1.54, 1.807) is 24.3 Å². The van der Waals surface area contributed by atoms with E-state index in [9.17, 15) is 10.1 Å². The first kappa shape index (κ1) is 16.3. The topological polar surface area (TPSA) is 59.3 Å². The van der Waals surface area contributed by atoms with Gasteiger partial charge < -0.3 is 9.47 Å². The second-order valence-corrected chi connectivity index (χ2v) is 5.07. The molecule has 0 N–H and O–H groups in total. The largest absolute Gasteiger partial charge is 0.460 e. The molecule has 23 heavy (non-hydrogen) atoms. The molecule has 0 amide bonds. The number of carbonyl (C=O) groups is 1. The molecule has 0 bridgehead atoms. The lowest BCUT2D eigenvalue weighted by Gasteiger charge is -2.20. The number of esters is 1. The van der Waals surface area contributed by atoms with Crippen LogP contribution >= 0.6 is 0 Å². The third-order valence-electron chi connectivity index (χ3n) is 3.35. The van der Waals surface area contributed by atoms with Crippen molar-refractivity contribution in [2.75, 3.05) is 6.61 Å². The molecule has 0 fully saturated rings. The van der Waals surface area contributed by atoms with Crippen molar-refractivity contribution in [3.63, 3.8) is 0 Å². The summed E-state index contributed by atoms with van der Waals surface area (Å²) in [6.45, 7) is 5.09. The van der Waals surface area contributed by atoms with Crippen LogP contribution in [0.3, 0.4) is 0 Å². The van der Waals surface area contributed by atoms with Crippen LogP contribution in [0.25, 0.3) is 0 Å². The average Bonchev–Trinajstić information content (AvgIpc) is 2.60. The van der Waals surface area contributed by atoms with Gasteiger partial charge in [-0.1, -0.05) is 43.0 Å². The molecule has 0 aliphatic rings. The van der Waals surface area contributed by atoms with E-state index in [1.165, 1.54) is 13.0 Å². The van der Waals surface area contributed by atoms with Gasteiger partial charge in [-0.2, -0.15) is 5.26 Å². The molecule has 2 aromatic rings. The monoisotopic (exact) mass is 307 g/mol. The van der Waals surface area contributed by atoms with Gasteiger partial charge >= 0.3 is 5.97 Å². The normalized spacial score (nSPS) is 12.5. The van der Waals surface area contributed by atoms with E-state index in [0.717, 1.165) is 0 Å². The van der Waals surface area contributed by atoms with Crippen molar-refractivity contribution in [2.45, 2.75) is 12.3 Å². The molecule has 2 rings (SSSR count). The van der Waals surface area contributed by atoms with E-state index in [-0.39, 0.29) is 6.61 Å². The van der Waals surface area contributed by atoms with E-state index in [1.807, 2.05) is 36.4 Å². The Bertz CT molecular complexity index is 734. The predicted molar refractivity (Wildman–Crippen MR) is 87.1 cm³/mol. The minimum Gasteiger partial charge on any atom is -0.460 e. The van der Waals surface area contributed by atoms with Crippen LogP contribution in [0.4, 0.5) is 0 Å². The summed E-state index contributed by atoms with van der Waals surface area (Å²) >= 11 is 0. The summed E-state index contributed by atoms with van der Waals surface area (Å²) in [5.41, 5.74) is -0.888. The molecular weight excluding hydrogens is 290 g/mol. The first-order chi connectivity index (χ1) is 11.1. The van der Waals surface area contributed by atoms with Gasteiger partial charge in [-0.3, -0.25) is 0 Å². The fourth-order valence-corrected chi connectivity index (χ4v) is 2.00. The Balaban J connectivity index is 2.28. The summed E-state index contributed by atoms with van der Waals surface area (Å²) in [5.74, 6) is 0.612. The lowest BCUT2D eigenvalue weighted by molar-refractivity contribution is -0.146. The second-order valence-electron chi connectivity index (χ2n) is 5.07. The zero-order valence-corrected chi connectivity index (χ0v) is 12.9. The number of benzene rings is 2. The Morgan fingerprint density at radius 3 is 2.57 bits per heavy atom. The first-order valence-corrected chi connectivity index (χ1v) is 7.13. The number of ether oxygens (including phenoxy) is 2. The van der Waals surface area contributed by atoms with Crippen molar-refractivity contribution in [2.24, 2.45) is 0 Å². The highest BCUT2D eigenvalue weighted by atomic mass is 16.5. The highest BCUT2D eigenvalue weighted by molar-refractivity contribution is 5.86. The molecule has 0 aliphatic carbocycles. The van der Waals surface area contributed by atoms with Crippen LogP contribution in [0.5, 0.6) is 11.5 Å². The maximum atomic E-state index is 12.2. The van der Waals surface area contributed by atoms with Crippen molar-refractivity contribution in [3.8, 4) is 17.6 Å². The Hall–Kier alpha value is -3.06. The van der Waals surface area contributed by atoms with Crippen molar-refractivity contribution in [3.05, 3.63) is 72.8 Å². The van der Waals surface area contributed by atoms with Crippen LogP contribution in [0, 0.1) is 11.3 Å². The maximum absolute atomic E-state index is 12.2. The van der Waals surface area contributed by atoms with Gasteiger partial charge in [0.2, 0.25) is 0 Å². The molecule has 0 heterocycles. The number of rotatable bonds is 6. The molecular formula is C19H17NO3. The Morgan fingerprint density at radius 2 is 1.91 bits per heavy atom. The maximum Gasteiger partial charge on any atom is 0.331 e. The van der Waals surface area contributed by atoms with E-state index < -0.39 is 11.4 Å².